The van der Waals surface area contributed by atoms with Crippen molar-refractivity contribution >= 4 is 5.91 Å². The highest BCUT2D eigenvalue weighted by Gasteiger charge is 2.06. The Balaban J connectivity index is 1.57. The van der Waals surface area contributed by atoms with E-state index in [0.29, 0.717) is 11.3 Å². The summed E-state index contributed by atoms with van der Waals surface area (Å²) in [4.78, 5) is 19.9. The normalized spacial score (nSPS) is 10.7. The summed E-state index contributed by atoms with van der Waals surface area (Å²) in [6.45, 7) is 0.933. The smallest absolute Gasteiger partial charge is 0.248 e. The molecule has 3 aromatic heterocycles. The third-order valence-electron chi connectivity index (χ3n) is 3.79. The van der Waals surface area contributed by atoms with E-state index in [0.717, 1.165) is 31.5 Å². The molecule has 0 spiro atoms. The molecule has 0 atom stereocenters. The van der Waals surface area contributed by atoms with Crippen LogP contribution in [-0.2, 0) is 13.0 Å². The van der Waals surface area contributed by atoms with E-state index in [1.54, 1.807) is 24.5 Å². The summed E-state index contributed by atoms with van der Waals surface area (Å²) in [5.74, 6) is -0.465. The Kier molecular flexibility index (Phi) is 4.96. The molecule has 0 bridgehead atoms. The second kappa shape index (κ2) is 7.50. The third kappa shape index (κ3) is 4.04. The van der Waals surface area contributed by atoms with Gasteiger partial charge in [0.1, 0.15) is 0 Å². The SMILES string of the molecule is NC(=O)c1ccnc(-c2ccc(CCCCn3cccn3)cn2)c1. The lowest BCUT2D eigenvalue weighted by molar-refractivity contribution is 0.1000. The van der Waals surface area contributed by atoms with Gasteiger partial charge < -0.3 is 5.73 Å². The van der Waals surface area contributed by atoms with E-state index in [1.165, 1.54) is 5.56 Å². The fourth-order valence-electron chi connectivity index (χ4n) is 2.48. The molecule has 122 valence electrons. The number of rotatable bonds is 7. The molecule has 0 radical (unpaired) electrons. The van der Waals surface area contributed by atoms with Gasteiger partial charge >= 0.3 is 0 Å². The van der Waals surface area contributed by atoms with Gasteiger partial charge in [0.2, 0.25) is 5.91 Å². The molecule has 2 N–H and O–H groups in total. The topological polar surface area (TPSA) is 86.7 Å². The maximum atomic E-state index is 11.2. The standard InChI is InChI=1S/C18H19N5O/c19-18(24)15-7-9-20-17(12-15)16-6-5-14(13-21-16)4-1-2-10-23-11-3-8-22-23/h3,5-9,11-13H,1-2,4,10H2,(H2,19,24). The van der Waals surface area contributed by atoms with Crippen LogP contribution in [0.5, 0.6) is 0 Å². The fourth-order valence-corrected chi connectivity index (χ4v) is 2.48. The molecule has 6 heteroatoms. The number of carbonyl (C=O) groups is 1. The molecule has 3 rings (SSSR count). The van der Waals surface area contributed by atoms with E-state index >= 15 is 0 Å². The van der Waals surface area contributed by atoms with Crippen LogP contribution in [-0.4, -0.2) is 25.7 Å². The summed E-state index contributed by atoms with van der Waals surface area (Å²) in [5.41, 5.74) is 8.30. The molecule has 0 fully saturated rings. The number of carbonyl (C=O) groups excluding carboxylic acids is 1. The molecule has 24 heavy (non-hydrogen) atoms. The number of hydrogen-bond acceptors (Lipinski definition) is 4. The van der Waals surface area contributed by atoms with Crippen molar-refractivity contribution < 1.29 is 4.79 Å². The highest BCUT2D eigenvalue weighted by molar-refractivity contribution is 5.93. The number of nitrogens with zero attached hydrogens (tertiary/aromatic N) is 4. The van der Waals surface area contributed by atoms with Gasteiger partial charge in [0.05, 0.1) is 11.4 Å². The first-order valence-electron chi connectivity index (χ1n) is 7.91. The van der Waals surface area contributed by atoms with Gasteiger partial charge in [0.15, 0.2) is 0 Å². The number of aryl methyl sites for hydroxylation is 2. The Labute approximate surface area is 140 Å². The summed E-state index contributed by atoms with van der Waals surface area (Å²) in [5, 5.41) is 4.19. The number of hydrogen-bond donors (Lipinski definition) is 1. The molecular weight excluding hydrogens is 302 g/mol. The van der Waals surface area contributed by atoms with Crippen LogP contribution in [0, 0.1) is 0 Å². The zero-order valence-corrected chi connectivity index (χ0v) is 13.3. The van der Waals surface area contributed by atoms with Crippen molar-refractivity contribution in [3.8, 4) is 11.4 Å². The number of amides is 1. The van der Waals surface area contributed by atoms with Crippen molar-refractivity contribution in [3.63, 3.8) is 0 Å². The minimum atomic E-state index is -0.465. The van der Waals surface area contributed by atoms with Crippen molar-refractivity contribution in [3.05, 3.63) is 66.2 Å². The van der Waals surface area contributed by atoms with Crippen LogP contribution in [0.4, 0.5) is 0 Å². The highest BCUT2D eigenvalue weighted by atomic mass is 16.1. The average Bonchev–Trinajstić information content (AvgIpc) is 3.13. The van der Waals surface area contributed by atoms with Crippen LogP contribution in [0.15, 0.2) is 55.1 Å². The number of aromatic nitrogens is 4. The maximum Gasteiger partial charge on any atom is 0.248 e. The molecule has 0 aliphatic carbocycles. The van der Waals surface area contributed by atoms with Crippen molar-refractivity contribution in [2.75, 3.05) is 0 Å². The van der Waals surface area contributed by atoms with E-state index in [4.69, 9.17) is 5.73 Å². The van der Waals surface area contributed by atoms with Crippen LogP contribution < -0.4 is 5.73 Å². The molecule has 0 saturated carbocycles. The molecule has 1 amide bonds. The van der Waals surface area contributed by atoms with E-state index in [1.807, 2.05) is 29.2 Å². The zero-order valence-electron chi connectivity index (χ0n) is 13.3. The Morgan fingerprint density at radius 2 is 2.00 bits per heavy atom. The number of nitrogens with two attached hydrogens (primary N) is 1. The van der Waals surface area contributed by atoms with Crippen LogP contribution in [0.25, 0.3) is 11.4 Å². The van der Waals surface area contributed by atoms with E-state index in [-0.39, 0.29) is 0 Å². The Hall–Kier alpha value is -3.02. The van der Waals surface area contributed by atoms with Gasteiger partial charge in [-0.1, -0.05) is 6.07 Å². The number of primary amides is 1. The van der Waals surface area contributed by atoms with Gasteiger partial charge in [-0.25, -0.2) is 0 Å². The fraction of sp³-hybridized carbons (Fsp3) is 0.222. The number of unbranched alkanes of at least 4 members (excludes halogenated alkanes) is 1. The predicted molar refractivity (Wildman–Crippen MR) is 91.2 cm³/mol. The Morgan fingerprint density at radius 3 is 2.71 bits per heavy atom. The molecular formula is C18H19N5O. The van der Waals surface area contributed by atoms with E-state index < -0.39 is 5.91 Å². The van der Waals surface area contributed by atoms with E-state index in [2.05, 4.69) is 21.1 Å². The monoisotopic (exact) mass is 321 g/mol. The Morgan fingerprint density at radius 1 is 1.08 bits per heavy atom. The second-order valence-electron chi connectivity index (χ2n) is 5.57. The van der Waals surface area contributed by atoms with Crippen LogP contribution >= 0.6 is 0 Å². The average molecular weight is 321 g/mol. The molecule has 0 aliphatic rings. The summed E-state index contributed by atoms with van der Waals surface area (Å²) in [6, 6.07) is 9.17. The van der Waals surface area contributed by atoms with Gasteiger partial charge in [-0.05, 0) is 49.1 Å². The summed E-state index contributed by atoms with van der Waals surface area (Å²) < 4.78 is 1.94. The first-order chi connectivity index (χ1) is 11.7. The first-order valence-corrected chi connectivity index (χ1v) is 7.91. The largest absolute Gasteiger partial charge is 0.366 e. The lowest BCUT2D eigenvalue weighted by Gasteiger charge is -2.05. The Bertz CT molecular complexity index is 797. The second-order valence-corrected chi connectivity index (χ2v) is 5.57. The minimum Gasteiger partial charge on any atom is -0.366 e. The summed E-state index contributed by atoms with van der Waals surface area (Å²) in [6.07, 6.45) is 10.3. The van der Waals surface area contributed by atoms with Crippen molar-refractivity contribution in [1.29, 1.82) is 0 Å². The lowest BCUT2D eigenvalue weighted by Crippen LogP contribution is -2.11. The number of pyridine rings is 2. The first kappa shape index (κ1) is 15.9. The molecule has 0 unspecified atom stereocenters. The predicted octanol–water partition coefficient (Wildman–Crippen LogP) is 2.46. The molecule has 0 aromatic carbocycles. The van der Waals surface area contributed by atoms with Crippen LogP contribution in [0.1, 0.15) is 28.8 Å². The summed E-state index contributed by atoms with van der Waals surface area (Å²) >= 11 is 0. The quantitative estimate of drug-likeness (QED) is 0.677. The van der Waals surface area contributed by atoms with Crippen LogP contribution in [0.2, 0.25) is 0 Å². The summed E-state index contributed by atoms with van der Waals surface area (Å²) in [7, 11) is 0. The van der Waals surface area contributed by atoms with Crippen molar-refractivity contribution in [2.24, 2.45) is 5.73 Å². The highest BCUT2D eigenvalue weighted by Crippen LogP contribution is 2.16. The van der Waals surface area contributed by atoms with Crippen molar-refractivity contribution in [1.82, 2.24) is 19.7 Å². The van der Waals surface area contributed by atoms with Crippen molar-refractivity contribution in [2.45, 2.75) is 25.8 Å². The van der Waals surface area contributed by atoms with Gasteiger partial charge in [-0.3, -0.25) is 19.4 Å². The molecule has 3 aromatic rings. The van der Waals surface area contributed by atoms with Gasteiger partial charge in [-0.15, -0.1) is 0 Å². The lowest BCUT2D eigenvalue weighted by atomic mass is 10.1. The third-order valence-corrected chi connectivity index (χ3v) is 3.79. The van der Waals surface area contributed by atoms with Gasteiger partial charge in [0, 0.05) is 36.9 Å². The minimum absolute atomic E-state index is 0.435. The zero-order chi connectivity index (χ0) is 16.8. The van der Waals surface area contributed by atoms with Crippen LogP contribution in [0.3, 0.4) is 0 Å². The molecule has 3 heterocycles. The molecule has 0 saturated heterocycles. The van der Waals surface area contributed by atoms with Gasteiger partial charge in [-0.2, -0.15) is 5.10 Å². The maximum absolute atomic E-state index is 11.2. The van der Waals surface area contributed by atoms with E-state index in [9.17, 15) is 4.79 Å². The molecule has 0 aliphatic heterocycles. The van der Waals surface area contributed by atoms with Gasteiger partial charge in [0.25, 0.3) is 0 Å². The molecule has 6 nitrogen and oxygen atoms in total.